The Balaban J connectivity index is 3.53. The van der Waals surface area contributed by atoms with Gasteiger partial charge in [0.1, 0.15) is 9.92 Å². The molecular weight excluding hydrogens is 312 g/mol. The largest absolute Gasteiger partial charge is 0.459 e. The van der Waals surface area contributed by atoms with Crippen LogP contribution in [0, 0.1) is 10.1 Å². The number of primary sulfonamides is 1. The Morgan fingerprint density at radius 3 is 2.40 bits per heavy atom. The molecule has 0 saturated heterocycles. The van der Waals surface area contributed by atoms with Crippen LogP contribution in [0.25, 0.3) is 0 Å². The molecule has 2 N–H and O–H groups in total. The fraction of sp³-hybridized carbons (Fsp3) is 0.300. The molecule has 0 aromatic heterocycles. The molecular formula is C10H11ClN2O6S. The fourth-order valence-corrected chi connectivity index (χ4v) is 2.47. The van der Waals surface area contributed by atoms with Crippen molar-refractivity contribution in [2.24, 2.45) is 5.14 Å². The van der Waals surface area contributed by atoms with Crippen LogP contribution in [0.1, 0.15) is 24.2 Å². The van der Waals surface area contributed by atoms with E-state index in [2.05, 4.69) is 0 Å². The number of carbonyl (C=O) groups excluding carboxylic acids is 1. The summed E-state index contributed by atoms with van der Waals surface area (Å²) in [7, 11) is -4.32. The first-order valence-corrected chi connectivity index (χ1v) is 7.18. The topological polar surface area (TPSA) is 130 Å². The van der Waals surface area contributed by atoms with Crippen LogP contribution in [0.4, 0.5) is 5.69 Å². The number of benzene rings is 1. The first kappa shape index (κ1) is 16.3. The highest BCUT2D eigenvalue weighted by Crippen LogP contribution is 2.32. The van der Waals surface area contributed by atoms with Crippen molar-refractivity contribution in [1.29, 1.82) is 0 Å². The fourth-order valence-electron chi connectivity index (χ4n) is 1.32. The molecule has 110 valence electrons. The molecule has 0 heterocycles. The number of sulfonamides is 1. The Morgan fingerprint density at radius 1 is 1.45 bits per heavy atom. The third-order valence-electron chi connectivity index (χ3n) is 2.10. The van der Waals surface area contributed by atoms with E-state index < -0.39 is 42.6 Å². The van der Waals surface area contributed by atoms with Crippen LogP contribution in [0.2, 0.25) is 5.02 Å². The summed E-state index contributed by atoms with van der Waals surface area (Å²) in [6.45, 7) is 3.14. The molecule has 0 atom stereocenters. The van der Waals surface area contributed by atoms with Crippen LogP contribution < -0.4 is 5.14 Å². The average molecular weight is 323 g/mol. The summed E-state index contributed by atoms with van der Waals surface area (Å²) in [5.74, 6) is -0.912. The number of ether oxygens (including phenoxy) is 1. The van der Waals surface area contributed by atoms with E-state index in [1.54, 1.807) is 13.8 Å². The van der Waals surface area contributed by atoms with Crippen LogP contribution in [0.5, 0.6) is 0 Å². The molecule has 0 radical (unpaired) electrons. The van der Waals surface area contributed by atoms with Crippen molar-refractivity contribution >= 4 is 33.3 Å². The number of hydrogen-bond acceptors (Lipinski definition) is 6. The molecule has 0 saturated carbocycles. The second kappa shape index (κ2) is 5.73. The number of nitro benzene ring substituents is 1. The van der Waals surface area contributed by atoms with E-state index in [0.717, 1.165) is 12.1 Å². The maximum Gasteiger partial charge on any atom is 0.338 e. The Bertz CT molecular complexity index is 671. The molecule has 0 amide bonds. The highest BCUT2D eigenvalue weighted by molar-refractivity contribution is 7.89. The van der Waals surface area contributed by atoms with E-state index in [9.17, 15) is 23.3 Å². The van der Waals surface area contributed by atoms with E-state index in [-0.39, 0.29) is 5.56 Å². The molecule has 0 fully saturated rings. The standard InChI is InChI=1S/C10H11ClN2O6S/c1-5(2)19-10(14)6-3-7(13(15)16)9(11)8(4-6)20(12,17)18/h3-5H,1-2H3,(H2,12,17,18). The Labute approximate surface area is 119 Å². The summed E-state index contributed by atoms with van der Waals surface area (Å²) in [5.41, 5.74) is -1.06. The van der Waals surface area contributed by atoms with E-state index in [0.29, 0.717) is 0 Å². The van der Waals surface area contributed by atoms with Gasteiger partial charge in [-0.15, -0.1) is 0 Å². The molecule has 10 heteroatoms. The molecule has 1 aromatic rings. The van der Waals surface area contributed by atoms with E-state index in [1.165, 1.54) is 0 Å². The van der Waals surface area contributed by atoms with Gasteiger partial charge in [0.25, 0.3) is 5.69 Å². The third kappa shape index (κ3) is 3.65. The number of carbonyl (C=O) groups is 1. The quantitative estimate of drug-likeness (QED) is 0.507. The number of nitrogens with zero attached hydrogens (tertiary/aromatic N) is 1. The summed E-state index contributed by atoms with van der Waals surface area (Å²) >= 11 is 5.62. The van der Waals surface area contributed by atoms with Crippen LogP contribution in [-0.2, 0) is 14.8 Å². The molecule has 0 aliphatic carbocycles. The smallest absolute Gasteiger partial charge is 0.338 e. The van der Waals surface area contributed by atoms with Gasteiger partial charge in [0, 0.05) is 6.07 Å². The predicted octanol–water partition coefficient (Wildman–Crippen LogP) is 1.46. The minimum atomic E-state index is -4.32. The number of nitro groups is 1. The summed E-state index contributed by atoms with van der Waals surface area (Å²) < 4.78 is 27.5. The summed E-state index contributed by atoms with van der Waals surface area (Å²) in [6.07, 6.45) is -0.477. The maximum atomic E-state index is 11.7. The van der Waals surface area contributed by atoms with Gasteiger partial charge in [-0.3, -0.25) is 10.1 Å². The summed E-state index contributed by atoms with van der Waals surface area (Å²) in [6, 6.07) is 1.68. The Hall–Kier alpha value is -1.71. The van der Waals surface area contributed by atoms with Gasteiger partial charge in [-0.2, -0.15) is 0 Å². The predicted molar refractivity (Wildman–Crippen MR) is 70.0 cm³/mol. The van der Waals surface area contributed by atoms with E-state index in [1.807, 2.05) is 0 Å². The zero-order valence-electron chi connectivity index (χ0n) is 10.5. The number of nitrogens with two attached hydrogens (primary N) is 1. The van der Waals surface area contributed by atoms with Crippen LogP contribution in [0.3, 0.4) is 0 Å². The van der Waals surface area contributed by atoms with Crippen LogP contribution in [0.15, 0.2) is 17.0 Å². The van der Waals surface area contributed by atoms with Gasteiger partial charge in [-0.1, -0.05) is 11.6 Å². The second-order valence-electron chi connectivity index (χ2n) is 4.06. The Morgan fingerprint density at radius 2 is 2.00 bits per heavy atom. The molecule has 0 aliphatic rings. The second-order valence-corrected chi connectivity index (χ2v) is 5.97. The van der Waals surface area contributed by atoms with Gasteiger partial charge >= 0.3 is 5.97 Å². The zero-order valence-corrected chi connectivity index (χ0v) is 12.1. The number of hydrogen-bond donors (Lipinski definition) is 1. The molecule has 1 rings (SSSR count). The van der Waals surface area contributed by atoms with Crippen molar-refractivity contribution in [2.75, 3.05) is 0 Å². The maximum absolute atomic E-state index is 11.7. The van der Waals surface area contributed by atoms with E-state index >= 15 is 0 Å². The van der Waals surface area contributed by atoms with Crippen molar-refractivity contribution in [2.45, 2.75) is 24.8 Å². The van der Waals surface area contributed by atoms with Crippen molar-refractivity contribution in [3.63, 3.8) is 0 Å². The molecule has 1 aromatic carbocycles. The van der Waals surface area contributed by atoms with Crippen LogP contribution >= 0.6 is 11.6 Å². The van der Waals surface area contributed by atoms with Gasteiger partial charge in [-0.25, -0.2) is 18.4 Å². The summed E-state index contributed by atoms with van der Waals surface area (Å²) in [5, 5.41) is 15.1. The lowest BCUT2D eigenvalue weighted by molar-refractivity contribution is -0.384. The van der Waals surface area contributed by atoms with Gasteiger partial charge in [0.05, 0.1) is 16.6 Å². The molecule has 0 aliphatic heterocycles. The first-order valence-electron chi connectivity index (χ1n) is 5.25. The third-order valence-corrected chi connectivity index (χ3v) is 3.55. The molecule has 20 heavy (non-hydrogen) atoms. The highest BCUT2D eigenvalue weighted by atomic mass is 35.5. The van der Waals surface area contributed by atoms with Crippen molar-refractivity contribution in [3.05, 3.63) is 32.8 Å². The van der Waals surface area contributed by atoms with Crippen molar-refractivity contribution < 1.29 is 22.9 Å². The summed E-state index contributed by atoms with van der Waals surface area (Å²) in [4.78, 5) is 20.9. The Kier molecular flexibility index (Phi) is 4.69. The van der Waals surface area contributed by atoms with Gasteiger partial charge in [0.15, 0.2) is 0 Å². The highest BCUT2D eigenvalue weighted by Gasteiger charge is 2.26. The van der Waals surface area contributed by atoms with Gasteiger partial charge < -0.3 is 4.74 Å². The zero-order chi connectivity index (χ0) is 15.7. The van der Waals surface area contributed by atoms with Crippen molar-refractivity contribution in [3.8, 4) is 0 Å². The van der Waals surface area contributed by atoms with Gasteiger partial charge in [0.2, 0.25) is 10.0 Å². The lowest BCUT2D eigenvalue weighted by Gasteiger charge is -2.09. The number of rotatable bonds is 4. The minimum absolute atomic E-state index is 0.321. The average Bonchev–Trinajstić information content (AvgIpc) is 2.25. The molecule has 0 unspecified atom stereocenters. The van der Waals surface area contributed by atoms with Crippen molar-refractivity contribution in [1.82, 2.24) is 0 Å². The normalized spacial score (nSPS) is 11.4. The molecule has 0 spiro atoms. The SMILES string of the molecule is CC(C)OC(=O)c1cc([N+](=O)[O-])c(Cl)c(S(N)(=O)=O)c1. The molecule has 0 bridgehead atoms. The number of halogens is 1. The molecule has 8 nitrogen and oxygen atoms in total. The van der Waals surface area contributed by atoms with Gasteiger partial charge in [-0.05, 0) is 19.9 Å². The lowest BCUT2D eigenvalue weighted by atomic mass is 10.2. The van der Waals surface area contributed by atoms with Crippen LogP contribution in [-0.4, -0.2) is 25.4 Å². The minimum Gasteiger partial charge on any atom is -0.459 e. The number of esters is 1. The first-order chi connectivity index (χ1) is 9.04. The lowest BCUT2D eigenvalue weighted by Crippen LogP contribution is -2.16. The van der Waals surface area contributed by atoms with E-state index in [4.69, 9.17) is 21.5 Å². The monoisotopic (exact) mass is 322 g/mol.